The second kappa shape index (κ2) is 10.3. The molecular formula is C24H29ClN6O2. The zero-order valence-electron chi connectivity index (χ0n) is 19.0. The molecular weight excluding hydrogens is 440 g/mol. The van der Waals surface area contributed by atoms with Crippen LogP contribution in [0.2, 0.25) is 5.02 Å². The molecule has 2 aromatic rings. The van der Waals surface area contributed by atoms with Crippen LogP contribution in [-0.2, 0) is 17.8 Å². The van der Waals surface area contributed by atoms with Gasteiger partial charge in [0, 0.05) is 50.4 Å². The van der Waals surface area contributed by atoms with Gasteiger partial charge in [0.2, 0.25) is 11.9 Å². The van der Waals surface area contributed by atoms with E-state index < -0.39 is 0 Å². The zero-order chi connectivity index (χ0) is 23.4. The summed E-state index contributed by atoms with van der Waals surface area (Å²) in [4.78, 5) is 39.6. The number of fused-ring (bicyclic) bond motifs is 1. The lowest BCUT2D eigenvalue weighted by Gasteiger charge is -2.28. The Labute approximate surface area is 199 Å². The molecule has 0 saturated carbocycles. The van der Waals surface area contributed by atoms with Crippen LogP contribution in [0.1, 0.15) is 27.9 Å². The van der Waals surface area contributed by atoms with Gasteiger partial charge in [-0.2, -0.15) is 0 Å². The summed E-state index contributed by atoms with van der Waals surface area (Å²) in [6, 6.07) is 5.96. The summed E-state index contributed by atoms with van der Waals surface area (Å²) < 4.78 is 0. The average molecular weight is 469 g/mol. The highest BCUT2D eigenvalue weighted by molar-refractivity contribution is 6.30. The number of rotatable bonds is 6. The van der Waals surface area contributed by atoms with Crippen LogP contribution in [0.3, 0.4) is 0 Å². The van der Waals surface area contributed by atoms with Gasteiger partial charge in [0.1, 0.15) is 0 Å². The van der Waals surface area contributed by atoms with Gasteiger partial charge < -0.3 is 20.0 Å². The maximum Gasteiger partial charge on any atom is 0.253 e. The van der Waals surface area contributed by atoms with Gasteiger partial charge in [-0.1, -0.05) is 23.7 Å². The van der Waals surface area contributed by atoms with Crippen LogP contribution in [-0.4, -0.2) is 82.8 Å². The monoisotopic (exact) mass is 468 g/mol. The minimum absolute atomic E-state index is 0.0305. The van der Waals surface area contributed by atoms with Gasteiger partial charge in [-0.25, -0.2) is 9.97 Å². The molecule has 0 spiro atoms. The third-order valence-corrected chi connectivity index (χ3v) is 6.13. The number of halogens is 1. The van der Waals surface area contributed by atoms with E-state index in [4.69, 9.17) is 11.6 Å². The van der Waals surface area contributed by atoms with E-state index in [1.807, 2.05) is 53.1 Å². The Morgan fingerprint density at radius 3 is 2.73 bits per heavy atom. The molecule has 9 heteroatoms. The fraction of sp³-hybridized carbons (Fsp3) is 0.417. The van der Waals surface area contributed by atoms with E-state index in [1.54, 1.807) is 18.5 Å². The lowest BCUT2D eigenvalue weighted by Crippen LogP contribution is -2.35. The minimum Gasteiger partial charge on any atom is -0.350 e. The molecule has 1 aromatic carbocycles. The number of benzene rings is 1. The lowest BCUT2D eigenvalue weighted by molar-refractivity contribution is -0.126. The second-order valence-electron chi connectivity index (χ2n) is 8.76. The average Bonchev–Trinajstić information content (AvgIpc) is 3.27. The summed E-state index contributed by atoms with van der Waals surface area (Å²) in [5, 5.41) is 3.76. The molecule has 1 fully saturated rings. The van der Waals surface area contributed by atoms with Gasteiger partial charge in [0.15, 0.2) is 0 Å². The van der Waals surface area contributed by atoms with Crippen molar-refractivity contribution in [2.24, 2.45) is 0 Å². The van der Waals surface area contributed by atoms with Crippen molar-refractivity contribution in [2.45, 2.75) is 25.4 Å². The number of anilines is 1. The third kappa shape index (κ3) is 5.89. The highest BCUT2D eigenvalue weighted by Gasteiger charge is 2.28. The molecule has 1 atom stereocenters. The molecule has 174 valence electrons. The van der Waals surface area contributed by atoms with Crippen molar-refractivity contribution in [1.29, 1.82) is 0 Å². The number of nitrogens with one attached hydrogen (secondary N) is 1. The number of hydrogen-bond acceptors (Lipinski definition) is 6. The predicted molar refractivity (Wildman–Crippen MR) is 128 cm³/mol. The van der Waals surface area contributed by atoms with E-state index in [-0.39, 0.29) is 17.9 Å². The number of carbonyl (C=O) groups excluding carboxylic acids is 2. The standard InChI is InChI=1S/C24H29ClN6O2/c1-29(2)9-3-4-22(32)30-10-7-17-12-18(5-6-19(17)15-30)23(33)31-11-8-21(16-31)28-24-26-13-20(25)14-27-24/h3-6,12-14,21H,7-11,15-16H2,1-2H3,(H,26,27,28)/b4-3+/t21-/m1/s1. The van der Waals surface area contributed by atoms with E-state index in [9.17, 15) is 9.59 Å². The summed E-state index contributed by atoms with van der Waals surface area (Å²) in [6.07, 6.45) is 8.23. The Hall–Kier alpha value is -2.97. The van der Waals surface area contributed by atoms with Crippen LogP contribution < -0.4 is 5.32 Å². The number of hydrogen-bond donors (Lipinski definition) is 1. The van der Waals surface area contributed by atoms with Gasteiger partial charge in [-0.15, -0.1) is 0 Å². The minimum atomic E-state index is 0.0305. The highest BCUT2D eigenvalue weighted by Crippen LogP contribution is 2.23. The molecule has 3 heterocycles. The molecule has 2 amide bonds. The number of aromatic nitrogens is 2. The van der Waals surface area contributed by atoms with Crippen molar-refractivity contribution < 1.29 is 9.59 Å². The molecule has 2 aliphatic heterocycles. The first kappa shape index (κ1) is 23.2. The Balaban J connectivity index is 1.34. The van der Waals surface area contributed by atoms with Gasteiger partial charge in [-0.3, -0.25) is 9.59 Å². The van der Waals surface area contributed by atoms with Crippen molar-refractivity contribution in [3.05, 3.63) is 64.5 Å². The molecule has 1 saturated heterocycles. The van der Waals surface area contributed by atoms with Crippen molar-refractivity contribution in [3.63, 3.8) is 0 Å². The fourth-order valence-electron chi connectivity index (χ4n) is 4.16. The molecule has 0 unspecified atom stereocenters. The molecule has 0 bridgehead atoms. The zero-order valence-corrected chi connectivity index (χ0v) is 19.8. The quantitative estimate of drug-likeness (QED) is 0.656. The first-order valence-electron chi connectivity index (χ1n) is 11.1. The van der Waals surface area contributed by atoms with Crippen LogP contribution in [0.15, 0.2) is 42.7 Å². The van der Waals surface area contributed by atoms with E-state index in [0.29, 0.717) is 42.7 Å². The molecule has 33 heavy (non-hydrogen) atoms. The molecule has 0 aliphatic carbocycles. The Morgan fingerprint density at radius 1 is 1.18 bits per heavy atom. The van der Waals surface area contributed by atoms with Crippen LogP contribution in [0.25, 0.3) is 0 Å². The van der Waals surface area contributed by atoms with Crippen molar-refractivity contribution in [1.82, 2.24) is 24.7 Å². The van der Waals surface area contributed by atoms with E-state index in [1.165, 1.54) is 0 Å². The lowest BCUT2D eigenvalue weighted by atomic mass is 9.96. The first-order valence-corrected chi connectivity index (χ1v) is 11.5. The molecule has 1 aromatic heterocycles. The maximum atomic E-state index is 13.1. The normalized spacial score (nSPS) is 18.1. The molecule has 1 N–H and O–H groups in total. The first-order chi connectivity index (χ1) is 15.9. The summed E-state index contributed by atoms with van der Waals surface area (Å²) >= 11 is 5.84. The fourth-order valence-corrected chi connectivity index (χ4v) is 4.26. The highest BCUT2D eigenvalue weighted by atomic mass is 35.5. The van der Waals surface area contributed by atoms with Gasteiger partial charge in [0.05, 0.1) is 17.4 Å². The van der Waals surface area contributed by atoms with Crippen LogP contribution in [0.4, 0.5) is 5.95 Å². The van der Waals surface area contributed by atoms with E-state index in [0.717, 1.165) is 30.5 Å². The van der Waals surface area contributed by atoms with E-state index >= 15 is 0 Å². The van der Waals surface area contributed by atoms with Gasteiger partial charge in [-0.05, 0) is 50.2 Å². The molecule has 2 aliphatic rings. The SMILES string of the molecule is CN(C)C/C=C/C(=O)N1CCc2cc(C(=O)N3CC[C@@H](Nc4ncc(Cl)cn4)C3)ccc2C1. The van der Waals surface area contributed by atoms with Crippen LogP contribution >= 0.6 is 11.6 Å². The Kier molecular flexibility index (Phi) is 7.25. The smallest absolute Gasteiger partial charge is 0.253 e. The maximum absolute atomic E-state index is 13.1. The predicted octanol–water partition coefficient (Wildman–Crippen LogP) is 2.46. The second-order valence-corrected chi connectivity index (χ2v) is 9.20. The van der Waals surface area contributed by atoms with Crippen LogP contribution in [0.5, 0.6) is 0 Å². The number of likely N-dealkylation sites (tertiary alicyclic amines) is 1. The molecule has 4 rings (SSSR count). The van der Waals surface area contributed by atoms with Gasteiger partial charge >= 0.3 is 0 Å². The third-order valence-electron chi connectivity index (χ3n) is 5.94. The summed E-state index contributed by atoms with van der Waals surface area (Å²) in [5.74, 6) is 0.579. The number of nitrogens with zero attached hydrogens (tertiary/aromatic N) is 5. The van der Waals surface area contributed by atoms with Crippen molar-refractivity contribution in [3.8, 4) is 0 Å². The van der Waals surface area contributed by atoms with Crippen LogP contribution in [0, 0.1) is 0 Å². The van der Waals surface area contributed by atoms with Crippen molar-refractivity contribution in [2.75, 3.05) is 45.6 Å². The Morgan fingerprint density at radius 2 is 1.97 bits per heavy atom. The number of amides is 2. The largest absolute Gasteiger partial charge is 0.350 e. The Bertz CT molecular complexity index is 1040. The summed E-state index contributed by atoms with van der Waals surface area (Å²) in [7, 11) is 3.94. The molecule has 0 radical (unpaired) electrons. The summed E-state index contributed by atoms with van der Waals surface area (Å²) in [6.45, 7) is 3.26. The molecule has 8 nitrogen and oxygen atoms in total. The number of carbonyl (C=O) groups is 2. The summed E-state index contributed by atoms with van der Waals surface area (Å²) in [5.41, 5.74) is 2.95. The van der Waals surface area contributed by atoms with Gasteiger partial charge in [0.25, 0.3) is 5.91 Å². The number of likely N-dealkylation sites (N-methyl/N-ethyl adjacent to an activating group) is 1. The van der Waals surface area contributed by atoms with E-state index in [2.05, 4.69) is 15.3 Å². The van der Waals surface area contributed by atoms with Crippen molar-refractivity contribution >= 4 is 29.4 Å². The topological polar surface area (TPSA) is 81.7 Å².